The molecule has 1 atom stereocenters. The van der Waals surface area contributed by atoms with Gasteiger partial charge in [-0.2, -0.15) is 13.2 Å². The lowest BCUT2D eigenvalue weighted by molar-refractivity contribution is -0.137. The standard InChI is InChI=1S/C16H20F3NO2/c1-11(12-5-4-6-13(9-12)16(17,18)19)20-14(21)10-15(22)7-2-3-8-15/h4-6,9,11,22H,2-3,7-8,10H2,1H3,(H,20,21). The Kier molecular flexibility index (Phi) is 4.80. The number of hydrogen-bond acceptors (Lipinski definition) is 2. The first-order valence-electron chi connectivity index (χ1n) is 7.38. The molecule has 1 saturated carbocycles. The van der Waals surface area contributed by atoms with Crippen molar-refractivity contribution >= 4 is 5.91 Å². The largest absolute Gasteiger partial charge is 0.416 e. The Balaban J connectivity index is 1.99. The van der Waals surface area contributed by atoms with E-state index in [2.05, 4.69) is 5.32 Å². The first kappa shape index (κ1) is 16.8. The van der Waals surface area contributed by atoms with E-state index in [0.29, 0.717) is 18.4 Å². The van der Waals surface area contributed by atoms with Gasteiger partial charge in [0.25, 0.3) is 0 Å². The third-order valence-electron chi connectivity index (χ3n) is 4.12. The number of hydrogen-bond donors (Lipinski definition) is 2. The number of amides is 1. The van der Waals surface area contributed by atoms with Crippen molar-refractivity contribution in [1.82, 2.24) is 5.32 Å². The average molecular weight is 315 g/mol. The molecule has 0 bridgehead atoms. The van der Waals surface area contributed by atoms with Crippen molar-refractivity contribution in [3.63, 3.8) is 0 Å². The van der Waals surface area contributed by atoms with Crippen LogP contribution >= 0.6 is 0 Å². The van der Waals surface area contributed by atoms with Crippen LogP contribution in [-0.2, 0) is 11.0 Å². The third-order valence-corrected chi connectivity index (χ3v) is 4.12. The second-order valence-electron chi connectivity index (χ2n) is 6.02. The third kappa shape index (κ3) is 4.22. The van der Waals surface area contributed by atoms with E-state index >= 15 is 0 Å². The number of benzene rings is 1. The summed E-state index contributed by atoms with van der Waals surface area (Å²) in [6.45, 7) is 1.63. The molecule has 122 valence electrons. The topological polar surface area (TPSA) is 49.3 Å². The van der Waals surface area contributed by atoms with Crippen LogP contribution in [-0.4, -0.2) is 16.6 Å². The van der Waals surface area contributed by atoms with Crippen LogP contribution in [0.5, 0.6) is 0 Å². The highest BCUT2D eigenvalue weighted by molar-refractivity contribution is 5.77. The second kappa shape index (κ2) is 6.28. The highest BCUT2D eigenvalue weighted by Crippen LogP contribution is 2.33. The van der Waals surface area contributed by atoms with Crippen molar-refractivity contribution in [3.8, 4) is 0 Å². The van der Waals surface area contributed by atoms with Crippen molar-refractivity contribution in [1.29, 1.82) is 0 Å². The second-order valence-corrected chi connectivity index (χ2v) is 6.02. The molecule has 0 aliphatic heterocycles. The van der Waals surface area contributed by atoms with E-state index in [0.717, 1.165) is 25.0 Å². The Labute approximate surface area is 127 Å². The number of aliphatic hydroxyl groups is 1. The van der Waals surface area contributed by atoms with E-state index in [-0.39, 0.29) is 12.3 Å². The maximum Gasteiger partial charge on any atom is 0.416 e. The van der Waals surface area contributed by atoms with Crippen LogP contribution in [0.25, 0.3) is 0 Å². The van der Waals surface area contributed by atoms with Gasteiger partial charge in [0.05, 0.1) is 23.6 Å². The van der Waals surface area contributed by atoms with E-state index in [1.54, 1.807) is 13.0 Å². The molecule has 0 heterocycles. The van der Waals surface area contributed by atoms with Gasteiger partial charge in [0.1, 0.15) is 0 Å². The summed E-state index contributed by atoms with van der Waals surface area (Å²) in [5.41, 5.74) is -1.31. The van der Waals surface area contributed by atoms with Crippen molar-refractivity contribution in [3.05, 3.63) is 35.4 Å². The average Bonchev–Trinajstić information content (AvgIpc) is 2.84. The summed E-state index contributed by atoms with van der Waals surface area (Å²) in [4.78, 5) is 12.0. The van der Waals surface area contributed by atoms with Crippen LogP contribution in [0.3, 0.4) is 0 Å². The van der Waals surface area contributed by atoms with Crippen LogP contribution in [0.4, 0.5) is 13.2 Å². The fourth-order valence-corrected chi connectivity index (χ4v) is 2.87. The monoisotopic (exact) mass is 315 g/mol. The highest BCUT2D eigenvalue weighted by Gasteiger charge is 2.34. The first-order valence-corrected chi connectivity index (χ1v) is 7.38. The lowest BCUT2D eigenvalue weighted by Crippen LogP contribution is -2.35. The molecule has 6 heteroatoms. The van der Waals surface area contributed by atoms with E-state index in [9.17, 15) is 23.1 Å². The minimum Gasteiger partial charge on any atom is -0.389 e. The Bertz CT molecular complexity index is 536. The Morgan fingerprint density at radius 2 is 2.00 bits per heavy atom. The molecule has 0 radical (unpaired) electrons. The summed E-state index contributed by atoms with van der Waals surface area (Å²) >= 11 is 0. The number of alkyl halides is 3. The molecule has 1 aliphatic rings. The highest BCUT2D eigenvalue weighted by atomic mass is 19.4. The molecule has 0 aromatic heterocycles. The Morgan fingerprint density at radius 3 is 2.59 bits per heavy atom. The van der Waals surface area contributed by atoms with Gasteiger partial charge in [0, 0.05) is 0 Å². The molecule has 2 rings (SSSR count). The fourth-order valence-electron chi connectivity index (χ4n) is 2.87. The van der Waals surface area contributed by atoms with Gasteiger partial charge in [-0.05, 0) is 37.5 Å². The molecular weight excluding hydrogens is 295 g/mol. The van der Waals surface area contributed by atoms with Gasteiger partial charge in [-0.3, -0.25) is 4.79 Å². The fraction of sp³-hybridized carbons (Fsp3) is 0.562. The summed E-state index contributed by atoms with van der Waals surface area (Å²) < 4.78 is 38.1. The van der Waals surface area contributed by atoms with Gasteiger partial charge in [0.2, 0.25) is 5.91 Å². The van der Waals surface area contributed by atoms with E-state index in [1.165, 1.54) is 6.07 Å². The number of carbonyl (C=O) groups excluding carboxylic acids is 1. The zero-order valence-electron chi connectivity index (χ0n) is 12.4. The van der Waals surface area contributed by atoms with E-state index < -0.39 is 23.4 Å². The zero-order chi connectivity index (χ0) is 16.4. The molecule has 2 N–H and O–H groups in total. The molecule has 3 nitrogen and oxygen atoms in total. The van der Waals surface area contributed by atoms with Crippen LogP contribution in [0, 0.1) is 0 Å². The lowest BCUT2D eigenvalue weighted by atomic mass is 9.97. The molecule has 1 fully saturated rings. The van der Waals surface area contributed by atoms with Crippen LogP contribution < -0.4 is 5.32 Å². The molecule has 0 saturated heterocycles. The van der Waals surface area contributed by atoms with Gasteiger partial charge >= 0.3 is 6.18 Å². The molecule has 1 aromatic carbocycles. The number of rotatable bonds is 4. The summed E-state index contributed by atoms with van der Waals surface area (Å²) in [6.07, 6.45) is -1.42. The number of halogens is 3. The molecule has 1 aliphatic carbocycles. The minimum absolute atomic E-state index is 0.00367. The normalized spacial score (nSPS) is 19.0. The SMILES string of the molecule is CC(NC(=O)CC1(O)CCCC1)c1cccc(C(F)(F)F)c1. The molecule has 0 spiro atoms. The van der Waals surface area contributed by atoms with Gasteiger partial charge in [-0.15, -0.1) is 0 Å². The molecule has 22 heavy (non-hydrogen) atoms. The van der Waals surface area contributed by atoms with Crippen molar-refractivity contribution < 1.29 is 23.1 Å². The Hall–Kier alpha value is -1.56. The van der Waals surface area contributed by atoms with Crippen LogP contribution in [0.2, 0.25) is 0 Å². The van der Waals surface area contributed by atoms with Crippen LogP contribution in [0.15, 0.2) is 24.3 Å². The van der Waals surface area contributed by atoms with Crippen molar-refractivity contribution in [2.45, 2.75) is 56.8 Å². The summed E-state index contributed by atoms with van der Waals surface area (Å²) in [6, 6.07) is 4.37. The first-order chi connectivity index (χ1) is 10.2. The summed E-state index contributed by atoms with van der Waals surface area (Å²) in [7, 11) is 0. The quantitative estimate of drug-likeness (QED) is 0.892. The summed E-state index contributed by atoms with van der Waals surface area (Å²) in [5.74, 6) is -0.339. The summed E-state index contributed by atoms with van der Waals surface area (Å²) in [5, 5.41) is 12.8. The molecule has 1 amide bonds. The van der Waals surface area contributed by atoms with Gasteiger partial charge in [-0.1, -0.05) is 25.0 Å². The molecular formula is C16H20F3NO2. The number of nitrogens with one attached hydrogen (secondary N) is 1. The van der Waals surface area contributed by atoms with Gasteiger partial charge in [0.15, 0.2) is 0 Å². The van der Waals surface area contributed by atoms with Gasteiger partial charge < -0.3 is 10.4 Å². The minimum atomic E-state index is -4.40. The Morgan fingerprint density at radius 1 is 1.36 bits per heavy atom. The predicted octanol–water partition coefficient (Wildman–Crippen LogP) is 3.58. The molecule has 1 unspecified atom stereocenters. The molecule has 1 aromatic rings. The van der Waals surface area contributed by atoms with Crippen molar-refractivity contribution in [2.75, 3.05) is 0 Å². The zero-order valence-corrected chi connectivity index (χ0v) is 12.4. The maximum atomic E-state index is 12.7. The number of carbonyl (C=O) groups is 1. The maximum absolute atomic E-state index is 12.7. The van der Waals surface area contributed by atoms with Crippen LogP contribution in [0.1, 0.15) is 56.2 Å². The van der Waals surface area contributed by atoms with Crippen molar-refractivity contribution in [2.24, 2.45) is 0 Å². The predicted molar refractivity (Wildman–Crippen MR) is 76.0 cm³/mol. The van der Waals surface area contributed by atoms with E-state index in [1.807, 2.05) is 0 Å². The van der Waals surface area contributed by atoms with E-state index in [4.69, 9.17) is 0 Å². The lowest BCUT2D eigenvalue weighted by Gasteiger charge is -2.23. The van der Waals surface area contributed by atoms with Gasteiger partial charge in [-0.25, -0.2) is 0 Å². The smallest absolute Gasteiger partial charge is 0.389 e.